The summed E-state index contributed by atoms with van der Waals surface area (Å²) in [5.41, 5.74) is 4.47. The van der Waals surface area contributed by atoms with Gasteiger partial charge in [-0.05, 0) is 31.9 Å². The van der Waals surface area contributed by atoms with E-state index in [4.69, 9.17) is 0 Å². The normalized spacial score (nSPS) is 21.0. The second kappa shape index (κ2) is 8.53. The van der Waals surface area contributed by atoms with Crippen LogP contribution in [0.25, 0.3) is 11.0 Å². The number of sulfone groups is 1. The second-order valence-electron chi connectivity index (χ2n) is 9.22. The molecule has 2 aromatic heterocycles. The first-order valence-electron chi connectivity index (χ1n) is 11.4. The van der Waals surface area contributed by atoms with Crippen molar-refractivity contribution < 1.29 is 13.2 Å². The Morgan fingerprint density at radius 2 is 1.82 bits per heavy atom. The van der Waals surface area contributed by atoms with Gasteiger partial charge in [-0.2, -0.15) is 5.10 Å². The van der Waals surface area contributed by atoms with Crippen molar-refractivity contribution >= 4 is 26.8 Å². The molecule has 2 saturated heterocycles. The highest BCUT2D eigenvalue weighted by molar-refractivity contribution is 7.91. The number of hydrogen-bond acceptors (Lipinski definition) is 6. The number of benzene rings is 1. The van der Waals surface area contributed by atoms with Gasteiger partial charge in [-0.1, -0.05) is 29.8 Å². The Bertz CT molecular complexity index is 1290. The Labute approximate surface area is 194 Å². The molecule has 0 radical (unpaired) electrons. The maximum absolute atomic E-state index is 13.4. The summed E-state index contributed by atoms with van der Waals surface area (Å²) in [4.78, 5) is 22.2. The fraction of sp³-hybridized carbons (Fsp3) is 0.458. The predicted octanol–water partition coefficient (Wildman–Crippen LogP) is 2.04. The number of nitrogens with zero attached hydrogens (tertiary/aromatic N) is 5. The maximum atomic E-state index is 13.4. The van der Waals surface area contributed by atoms with Crippen molar-refractivity contribution in [3.63, 3.8) is 0 Å². The minimum atomic E-state index is -2.91. The van der Waals surface area contributed by atoms with E-state index in [-0.39, 0.29) is 23.5 Å². The van der Waals surface area contributed by atoms with Gasteiger partial charge in [-0.25, -0.2) is 18.1 Å². The van der Waals surface area contributed by atoms with E-state index in [1.54, 1.807) is 6.20 Å². The predicted molar refractivity (Wildman–Crippen MR) is 127 cm³/mol. The van der Waals surface area contributed by atoms with Gasteiger partial charge in [-0.15, -0.1) is 0 Å². The van der Waals surface area contributed by atoms with E-state index >= 15 is 0 Å². The third kappa shape index (κ3) is 4.52. The first-order chi connectivity index (χ1) is 15.8. The average molecular weight is 468 g/mol. The van der Waals surface area contributed by atoms with Crippen LogP contribution in [0.15, 0.2) is 36.5 Å². The first-order valence-corrected chi connectivity index (χ1v) is 13.2. The zero-order valence-corrected chi connectivity index (χ0v) is 19.9. The fourth-order valence-electron chi connectivity index (χ4n) is 4.86. The smallest absolute Gasteiger partial charge is 0.254 e. The highest BCUT2D eigenvalue weighted by Crippen LogP contribution is 2.23. The van der Waals surface area contributed by atoms with E-state index in [0.717, 1.165) is 16.6 Å². The zero-order chi connectivity index (χ0) is 23.2. The Balaban J connectivity index is 1.34. The van der Waals surface area contributed by atoms with Gasteiger partial charge in [0.2, 0.25) is 0 Å². The van der Waals surface area contributed by atoms with E-state index in [0.29, 0.717) is 50.4 Å². The molecule has 174 valence electrons. The summed E-state index contributed by atoms with van der Waals surface area (Å²) in [6, 6.07) is 10.3. The van der Waals surface area contributed by atoms with Crippen molar-refractivity contribution in [2.75, 3.05) is 37.7 Å². The summed E-state index contributed by atoms with van der Waals surface area (Å²) in [6.45, 7) is 7.14. The van der Waals surface area contributed by atoms with E-state index in [9.17, 15) is 13.2 Å². The molecule has 0 aliphatic carbocycles. The van der Waals surface area contributed by atoms with E-state index < -0.39 is 9.84 Å². The molecule has 1 amide bonds. The molecule has 2 aliphatic heterocycles. The summed E-state index contributed by atoms with van der Waals surface area (Å²) >= 11 is 0. The maximum Gasteiger partial charge on any atom is 0.254 e. The molecule has 33 heavy (non-hydrogen) atoms. The zero-order valence-electron chi connectivity index (χ0n) is 19.1. The Morgan fingerprint density at radius 1 is 1.09 bits per heavy atom. The van der Waals surface area contributed by atoms with Crippen LogP contribution < -0.4 is 0 Å². The molecule has 0 N–H and O–H groups in total. The van der Waals surface area contributed by atoms with Crippen LogP contribution in [0.2, 0.25) is 0 Å². The molecule has 3 aromatic rings. The number of fused-ring (bicyclic) bond motifs is 1. The molecule has 1 unspecified atom stereocenters. The summed E-state index contributed by atoms with van der Waals surface area (Å²) in [5.74, 6) is 0.502. The van der Waals surface area contributed by atoms with Gasteiger partial charge in [0.05, 0.1) is 35.2 Å². The molecule has 2 aliphatic rings. The van der Waals surface area contributed by atoms with Crippen LogP contribution >= 0.6 is 0 Å². The van der Waals surface area contributed by atoms with E-state index in [1.165, 1.54) is 5.56 Å². The molecule has 9 heteroatoms. The summed E-state index contributed by atoms with van der Waals surface area (Å²) < 4.78 is 25.5. The van der Waals surface area contributed by atoms with Gasteiger partial charge in [0.25, 0.3) is 5.91 Å². The topological polar surface area (TPSA) is 88.4 Å². The molecule has 4 heterocycles. The number of rotatable bonds is 4. The third-order valence-corrected chi connectivity index (χ3v) is 8.50. The molecule has 0 saturated carbocycles. The Hall–Kier alpha value is -2.78. The van der Waals surface area contributed by atoms with Gasteiger partial charge in [0, 0.05) is 37.9 Å². The van der Waals surface area contributed by atoms with Crippen LogP contribution in [0.3, 0.4) is 0 Å². The van der Waals surface area contributed by atoms with Crippen LogP contribution in [-0.2, 0) is 16.4 Å². The monoisotopic (exact) mass is 467 g/mol. The second-order valence-corrected chi connectivity index (χ2v) is 11.5. The van der Waals surface area contributed by atoms with Gasteiger partial charge >= 0.3 is 0 Å². The molecule has 0 bridgehead atoms. The molecule has 5 rings (SSSR count). The number of aromatic nitrogens is 3. The molecule has 2 fully saturated rings. The fourth-order valence-corrected chi connectivity index (χ4v) is 6.62. The third-order valence-electron chi connectivity index (χ3n) is 6.75. The quantitative estimate of drug-likeness (QED) is 0.584. The number of pyridine rings is 1. The minimum Gasteiger partial charge on any atom is -0.336 e. The number of piperazine rings is 1. The number of carbonyl (C=O) groups is 1. The standard InChI is InChI=1S/C24H29N5O3S/c1-17-3-5-19(6-4-17)15-29-23-22(14-25-29)21(13-18(2)26-23)24(30)28-10-8-27(9-11-28)20-7-12-33(31,32)16-20/h3-6,13-14,20H,7-12,15-16H2,1-2H3. The largest absolute Gasteiger partial charge is 0.336 e. The van der Waals surface area contributed by atoms with Gasteiger partial charge in [0.1, 0.15) is 0 Å². The molecule has 1 aromatic carbocycles. The number of aryl methyl sites for hydroxylation is 2. The molecule has 8 nitrogen and oxygen atoms in total. The van der Waals surface area contributed by atoms with Crippen molar-refractivity contribution in [2.45, 2.75) is 32.9 Å². The van der Waals surface area contributed by atoms with Crippen LogP contribution in [0, 0.1) is 13.8 Å². The van der Waals surface area contributed by atoms with Gasteiger partial charge < -0.3 is 4.90 Å². The Kier molecular flexibility index (Phi) is 5.70. The lowest BCUT2D eigenvalue weighted by atomic mass is 10.1. The number of carbonyl (C=O) groups excluding carboxylic acids is 1. The van der Waals surface area contributed by atoms with Gasteiger partial charge in [0.15, 0.2) is 15.5 Å². The van der Waals surface area contributed by atoms with Crippen molar-refractivity contribution in [1.82, 2.24) is 24.6 Å². The van der Waals surface area contributed by atoms with Crippen LogP contribution in [-0.4, -0.2) is 82.6 Å². The summed E-state index contributed by atoms with van der Waals surface area (Å²) in [6.07, 6.45) is 2.43. The number of hydrogen-bond donors (Lipinski definition) is 0. The van der Waals surface area contributed by atoms with Crippen LogP contribution in [0.5, 0.6) is 0 Å². The summed E-state index contributed by atoms with van der Waals surface area (Å²) in [7, 11) is -2.91. The van der Waals surface area contributed by atoms with Crippen molar-refractivity contribution in [2.24, 2.45) is 0 Å². The lowest BCUT2D eigenvalue weighted by molar-refractivity contribution is 0.0589. The lowest BCUT2D eigenvalue weighted by Crippen LogP contribution is -2.52. The van der Waals surface area contributed by atoms with Crippen molar-refractivity contribution in [3.05, 3.63) is 58.9 Å². The molecular formula is C24H29N5O3S. The van der Waals surface area contributed by atoms with E-state index in [2.05, 4.69) is 46.2 Å². The van der Waals surface area contributed by atoms with Crippen LogP contribution in [0.4, 0.5) is 0 Å². The van der Waals surface area contributed by atoms with Crippen LogP contribution in [0.1, 0.15) is 33.6 Å². The highest BCUT2D eigenvalue weighted by atomic mass is 32.2. The van der Waals surface area contributed by atoms with Crippen molar-refractivity contribution in [1.29, 1.82) is 0 Å². The SMILES string of the molecule is Cc1ccc(Cn2ncc3c(C(=O)N4CCN(C5CCS(=O)(=O)C5)CC4)cc(C)nc32)cc1. The highest BCUT2D eigenvalue weighted by Gasteiger charge is 2.34. The summed E-state index contributed by atoms with van der Waals surface area (Å²) in [5, 5.41) is 5.30. The Morgan fingerprint density at radius 3 is 2.48 bits per heavy atom. The first kappa shape index (κ1) is 22.0. The number of amides is 1. The minimum absolute atomic E-state index is 0.0147. The molecular weight excluding hydrogens is 438 g/mol. The average Bonchev–Trinajstić information content (AvgIpc) is 3.37. The lowest BCUT2D eigenvalue weighted by Gasteiger charge is -2.37. The molecule has 1 atom stereocenters. The van der Waals surface area contributed by atoms with Gasteiger partial charge in [-0.3, -0.25) is 9.69 Å². The molecule has 0 spiro atoms. The van der Waals surface area contributed by atoms with E-state index in [1.807, 2.05) is 22.6 Å². The van der Waals surface area contributed by atoms with Crippen molar-refractivity contribution in [3.8, 4) is 0 Å².